The Morgan fingerprint density at radius 3 is 2.56 bits per heavy atom. The molecule has 7 nitrogen and oxygen atoms in total. The Bertz CT molecular complexity index is 936. The van der Waals surface area contributed by atoms with Gasteiger partial charge in [-0.15, -0.1) is 10.2 Å². The molecule has 1 aliphatic carbocycles. The molecule has 2 aliphatic rings. The first-order chi connectivity index (χ1) is 12.9. The van der Waals surface area contributed by atoms with Gasteiger partial charge in [0, 0.05) is 17.6 Å². The minimum atomic E-state index is -3.02. The monoisotopic (exact) mass is 407 g/mol. The van der Waals surface area contributed by atoms with Crippen molar-refractivity contribution < 1.29 is 17.6 Å². The second-order valence-electron chi connectivity index (χ2n) is 7.12. The SMILES string of the molecule is Cc1ccc(-c2nnc(SCC(=O)N(C3CC3)[C@@H]3CCS(=O)(=O)C3)o2)cc1. The van der Waals surface area contributed by atoms with Crippen LogP contribution in [0.15, 0.2) is 33.9 Å². The molecule has 1 atom stereocenters. The van der Waals surface area contributed by atoms with E-state index in [0.29, 0.717) is 17.5 Å². The first kappa shape index (κ1) is 18.5. The van der Waals surface area contributed by atoms with Crippen LogP contribution in [0.3, 0.4) is 0 Å². The van der Waals surface area contributed by atoms with Gasteiger partial charge in [-0.2, -0.15) is 0 Å². The Morgan fingerprint density at radius 2 is 1.93 bits per heavy atom. The Labute approximate surface area is 162 Å². The van der Waals surface area contributed by atoms with E-state index in [-0.39, 0.29) is 35.2 Å². The highest BCUT2D eigenvalue weighted by atomic mass is 32.2. The van der Waals surface area contributed by atoms with E-state index in [0.717, 1.165) is 24.0 Å². The summed E-state index contributed by atoms with van der Waals surface area (Å²) in [5.74, 6) is 0.788. The van der Waals surface area contributed by atoms with E-state index in [9.17, 15) is 13.2 Å². The van der Waals surface area contributed by atoms with Crippen LogP contribution < -0.4 is 0 Å². The van der Waals surface area contributed by atoms with Crippen molar-refractivity contribution in [1.29, 1.82) is 0 Å². The van der Waals surface area contributed by atoms with Gasteiger partial charge in [0.05, 0.1) is 17.3 Å². The average Bonchev–Trinajstić information content (AvgIpc) is 3.22. The van der Waals surface area contributed by atoms with Crippen LogP contribution in [0.4, 0.5) is 0 Å². The Morgan fingerprint density at radius 1 is 1.19 bits per heavy atom. The second kappa shape index (κ2) is 7.27. The number of carbonyl (C=O) groups is 1. The van der Waals surface area contributed by atoms with Gasteiger partial charge in [0.2, 0.25) is 11.8 Å². The molecule has 0 radical (unpaired) electrons. The van der Waals surface area contributed by atoms with Gasteiger partial charge >= 0.3 is 0 Å². The summed E-state index contributed by atoms with van der Waals surface area (Å²) in [5, 5.41) is 8.39. The standard InChI is InChI=1S/C18H21N3O4S2/c1-12-2-4-13(5-3-12)17-19-20-18(25-17)26-10-16(22)21(14-6-7-14)15-8-9-27(23,24)11-15/h2-5,14-15H,6-11H2,1H3/t15-/m1/s1. The van der Waals surface area contributed by atoms with Crippen molar-refractivity contribution in [2.45, 2.75) is 43.5 Å². The molecule has 0 unspecified atom stereocenters. The molecule has 2 heterocycles. The third-order valence-corrected chi connectivity index (χ3v) is 7.41. The lowest BCUT2D eigenvalue weighted by atomic mass is 10.1. The highest BCUT2D eigenvalue weighted by Crippen LogP contribution is 2.33. The van der Waals surface area contributed by atoms with Gasteiger partial charge in [-0.25, -0.2) is 8.42 Å². The van der Waals surface area contributed by atoms with E-state index in [1.165, 1.54) is 11.8 Å². The summed E-state index contributed by atoms with van der Waals surface area (Å²) in [6.45, 7) is 2.01. The van der Waals surface area contributed by atoms with E-state index in [1.54, 1.807) is 4.90 Å². The Balaban J connectivity index is 1.39. The van der Waals surface area contributed by atoms with Crippen LogP contribution in [0, 0.1) is 6.92 Å². The van der Waals surface area contributed by atoms with Gasteiger partial charge in [0.1, 0.15) is 0 Å². The number of carbonyl (C=O) groups excluding carboxylic acids is 1. The lowest BCUT2D eigenvalue weighted by molar-refractivity contribution is -0.130. The molecule has 1 amide bonds. The number of rotatable bonds is 6. The number of thioether (sulfide) groups is 1. The third kappa shape index (κ3) is 4.35. The van der Waals surface area contributed by atoms with Crippen molar-refractivity contribution >= 4 is 27.5 Å². The minimum Gasteiger partial charge on any atom is -0.411 e. The van der Waals surface area contributed by atoms with Gasteiger partial charge < -0.3 is 9.32 Å². The first-order valence-electron chi connectivity index (χ1n) is 8.96. The van der Waals surface area contributed by atoms with E-state index in [1.807, 2.05) is 31.2 Å². The number of benzene rings is 1. The number of nitrogens with zero attached hydrogens (tertiary/aromatic N) is 3. The van der Waals surface area contributed by atoms with Crippen LogP contribution in [-0.2, 0) is 14.6 Å². The molecule has 2 aromatic rings. The fourth-order valence-electron chi connectivity index (χ4n) is 3.33. The fraction of sp³-hybridized carbons (Fsp3) is 0.500. The summed E-state index contributed by atoms with van der Waals surface area (Å²) in [6, 6.07) is 7.76. The van der Waals surface area contributed by atoms with E-state index >= 15 is 0 Å². The van der Waals surface area contributed by atoms with Crippen molar-refractivity contribution in [1.82, 2.24) is 15.1 Å². The molecular formula is C18H21N3O4S2. The summed E-state index contributed by atoms with van der Waals surface area (Å²) in [4.78, 5) is 14.5. The zero-order chi connectivity index (χ0) is 19.0. The molecule has 4 rings (SSSR count). The van der Waals surface area contributed by atoms with Gasteiger partial charge in [0.15, 0.2) is 9.84 Å². The van der Waals surface area contributed by atoms with Gasteiger partial charge in [-0.1, -0.05) is 29.5 Å². The van der Waals surface area contributed by atoms with Crippen LogP contribution in [-0.4, -0.2) is 58.8 Å². The van der Waals surface area contributed by atoms with Gasteiger partial charge in [-0.3, -0.25) is 4.79 Å². The summed E-state index contributed by atoms with van der Waals surface area (Å²) in [5.41, 5.74) is 1.98. The van der Waals surface area contributed by atoms with E-state index < -0.39 is 9.84 Å². The minimum absolute atomic E-state index is 0.0558. The number of aromatic nitrogens is 2. The van der Waals surface area contributed by atoms with Crippen molar-refractivity contribution in [3.05, 3.63) is 29.8 Å². The van der Waals surface area contributed by atoms with Crippen LogP contribution in [0.25, 0.3) is 11.5 Å². The third-order valence-electron chi connectivity index (χ3n) is 4.85. The van der Waals surface area contributed by atoms with Crippen molar-refractivity contribution in [3.63, 3.8) is 0 Å². The maximum atomic E-state index is 12.7. The number of hydrogen-bond acceptors (Lipinski definition) is 7. The maximum absolute atomic E-state index is 12.7. The predicted molar refractivity (Wildman–Crippen MR) is 102 cm³/mol. The molecule has 0 bridgehead atoms. The first-order valence-corrected chi connectivity index (χ1v) is 11.8. The van der Waals surface area contributed by atoms with E-state index in [2.05, 4.69) is 10.2 Å². The molecule has 1 aliphatic heterocycles. The number of amides is 1. The molecular weight excluding hydrogens is 386 g/mol. The molecule has 1 saturated carbocycles. The smallest absolute Gasteiger partial charge is 0.277 e. The van der Waals surface area contributed by atoms with Crippen molar-refractivity contribution in [2.75, 3.05) is 17.3 Å². The maximum Gasteiger partial charge on any atom is 0.277 e. The lowest BCUT2D eigenvalue weighted by Gasteiger charge is -2.28. The quantitative estimate of drug-likeness (QED) is 0.678. The lowest BCUT2D eigenvalue weighted by Crippen LogP contribution is -2.43. The van der Waals surface area contributed by atoms with Crippen LogP contribution in [0.2, 0.25) is 0 Å². The Kier molecular flexibility index (Phi) is 4.98. The zero-order valence-corrected chi connectivity index (χ0v) is 16.6. The highest BCUT2D eigenvalue weighted by Gasteiger charge is 2.42. The largest absolute Gasteiger partial charge is 0.411 e. The Hall–Kier alpha value is -1.87. The summed E-state index contributed by atoms with van der Waals surface area (Å²) >= 11 is 1.20. The number of sulfone groups is 1. The average molecular weight is 408 g/mol. The number of hydrogen-bond donors (Lipinski definition) is 0. The molecule has 27 heavy (non-hydrogen) atoms. The van der Waals surface area contributed by atoms with Crippen LogP contribution in [0.5, 0.6) is 0 Å². The predicted octanol–water partition coefficient (Wildman–Crippen LogP) is 2.32. The highest BCUT2D eigenvalue weighted by molar-refractivity contribution is 7.99. The van der Waals surface area contributed by atoms with Crippen LogP contribution >= 0.6 is 11.8 Å². The van der Waals surface area contributed by atoms with Crippen LogP contribution in [0.1, 0.15) is 24.8 Å². The van der Waals surface area contributed by atoms with Gasteiger partial charge in [-0.05, 0) is 38.3 Å². The van der Waals surface area contributed by atoms with Crippen molar-refractivity contribution in [2.24, 2.45) is 0 Å². The summed E-state index contributed by atoms with van der Waals surface area (Å²) in [7, 11) is -3.02. The molecule has 2 fully saturated rings. The van der Waals surface area contributed by atoms with E-state index in [4.69, 9.17) is 4.42 Å². The van der Waals surface area contributed by atoms with Crippen molar-refractivity contribution in [3.8, 4) is 11.5 Å². The molecule has 0 spiro atoms. The fourth-order valence-corrected chi connectivity index (χ4v) is 5.68. The van der Waals surface area contributed by atoms with Gasteiger partial charge in [0.25, 0.3) is 5.22 Å². The molecule has 0 N–H and O–H groups in total. The molecule has 1 aromatic heterocycles. The topological polar surface area (TPSA) is 93.4 Å². The molecule has 144 valence electrons. The zero-order valence-electron chi connectivity index (χ0n) is 15.0. The second-order valence-corrected chi connectivity index (χ2v) is 10.3. The summed E-state index contributed by atoms with van der Waals surface area (Å²) < 4.78 is 29.2. The number of aryl methyl sites for hydroxylation is 1. The molecule has 9 heteroatoms. The summed E-state index contributed by atoms with van der Waals surface area (Å²) in [6.07, 6.45) is 2.43. The normalized spacial score (nSPS) is 21.3. The molecule has 1 saturated heterocycles. The molecule has 1 aromatic carbocycles.